The highest BCUT2D eigenvalue weighted by atomic mass is 16.1. The van der Waals surface area contributed by atoms with Crippen LogP contribution in [0.5, 0.6) is 0 Å². The number of hydrogen-bond donors (Lipinski definition) is 2. The molecule has 3 N–H and O–H groups in total. The molecule has 3 atom stereocenters. The van der Waals surface area contributed by atoms with E-state index in [2.05, 4.69) is 24.2 Å². The molecule has 3 unspecified atom stereocenters. The van der Waals surface area contributed by atoms with Gasteiger partial charge < -0.3 is 16.0 Å². The van der Waals surface area contributed by atoms with Crippen LogP contribution in [-0.2, 0) is 4.79 Å². The van der Waals surface area contributed by atoms with E-state index in [0.29, 0.717) is 6.04 Å². The fourth-order valence-corrected chi connectivity index (χ4v) is 2.88. The van der Waals surface area contributed by atoms with E-state index in [4.69, 9.17) is 5.73 Å². The summed E-state index contributed by atoms with van der Waals surface area (Å²) in [5, 5.41) is 3.15. The van der Waals surface area contributed by atoms with E-state index in [1.807, 2.05) is 6.92 Å². The molecule has 17 heavy (non-hydrogen) atoms. The van der Waals surface area contributed by atoms with Gasteiger partial charge in [0.15, 0.2) is 0 Å². The van der Waals surface area contributed by atoms with Gasteiger partial charge in [-0.05, 0) is 32.4 Å². The predicted molar refractivity (Wildman–Crippen MR) is 70.7 cm³/mol. The quantitative estimate of drug-likeness (QED) is 0.728. The molecule has 0 aromatic heterocycles. The molecule has 0 heterocycles. The minimum absolute atomic E-state index is 0.223. The van der Waals surface area contributed by atoms with Crippen LogP contribution in [-0.4, -0.2) is 43.0 Å². The summed E-state index contributed by atoms with van der Waals surface area (Å²) in [6, 6.07) is 0.378. The van der Waals surface area contributed by atoms with Gasteiger partial charge >= 0.3 is 0 Å². The highest BCUT2D eigenvalue weighted by molar-refractivity contribution is 5.80. The zero-order valence-corrected chi connectivity index (χ0v) is 11.4. The molecule has 0 bridgehead atoms. The first kappa shape index (κ1) is 14.5. The van der Waals surface area contributed by atoms with Crippen LogP contribution in [0.2, 0.25) is 0 Å². The summed E-state index contributed by atoms with van der Waals surface area (Å²) >= 11 is 0. The zero-order valence-electron chi connectivity index (χ0n) is 11.4. The summed E-state index contributed by atoms with van der Waals surface area (Å²) in [5.41, 5.74) is 5.41. The molecule has 1 rings (SSSR count). The molecular formula is C13H27N3O. The minimum Gasteiger partial charge on any atom is -0.368 e. The highest BCUT2D eigenvalue weighted by Gasteiger charge is 2.27. The number of likely N-dealkylation sites (N-methyl/N-ethyl adjacent to an activating group) is 2. The molecule has 0 aromatic carbocycles. The normalized spacial score (nSPS) is 27.1. The van der Waals surface area contributed by atoms with Crippen molar-refractivity contribution in [1.82, 2.24) is 10.2 Å². The number of carbonyl (C=O) groups is 1. The molecule has 1 saturated carbocycles. The highest BCUT2D eigenvalue weighted by Crippen LogP contribution is 2.27. The molecule has 1 amide bonds. The summed E-state index contributed by atoms with van der Waals surface area (Å²) in [6.07, 6.45) is 5.20. The van der Waals surface area contributed by atoms with Gasteiger partial charge in [0, 0.05) is 12.6 Å². The van der Waals surface area contributed by atoms with Crippen molar-refractivity contribution >= 4 is 5.91 Å². The van der Waals surface area contributed by atoms with Crippen molar-refractivity contribution in [2.45, 2.75) is 51.6 Å². The van der Waals surface area contributed by atoms with Gasteiger partial charge in [0.1, 0.15) is 0 Å². The molecule has 0 radical (unpaired) electrons. The Morgan fingerprint density at radius 3 is 2.65 bits per heavy atom. The summed E-state index contributed by atoms with van der Waals surface area (Å²) in [4.78, 5) is 13.6. The minimum atomic E-state index is -0.248. The largest absolute Gasteiger partial charge is 0.368 e. The first-order valence-electron chi connectivity index (χ1n) is 6.79. The van der Waals surface area contributed by atoms with Gasteiger partial charge in [0.2, 0.25) is 5.91 Å². The summed E-state index contributed by atoms with van der Waals surface area (Å²) in [6.45, 7) is 5.81. The zero-order chi connectivity index (χ0) is 12.8. The Morgan fingerprint density at radius 1 is 1.47 bits per heavy atom. The third kappa shape index (κ3) is 4.28. The first-order valence-corrected chi connectivity index (χ1v) is 6.79. The van der Waals surface area contributed by atoms with Crippen molar-refractivity contribution in [3.8, 4) is 0 Å². The lowest BCUT2D eigenvalue weighted by Crippen LogP contribution is -2.51. The Bertz CT molecular complexity index is 245. The number of hydrogen-bond acceptors (Lipinski definition) is 3. The Labute approximate surface area is 105 Å². The maximum absolute atomic E-state index is 11.3. The number of rotatable bonds is 6. The summed E-state index contributed by atoms with van der Waals surface area (Å²) in [5.74, 6) is 0.478. The topological polar surface area (TPSA) is 58.4 Å². The number of primary amides is 1. The van der Waals surface area contributed by atoms with Gasteiger partial charge in [-0.1, -0.05) is 26.7 Å². The number of amides is 1. The van der Waals surface area contributed by atoms with Crippen molar-refractivity contribution in [1.29, 1.82) is 0 Å². The lowest BCUT2D eigenvalue weighted by molar-refractivity contribution is -0.120. The van der Waals surface area contributed by atoms with Crippen LogP contribution >= 0.6 is 0 Å². The summed E-state index contributed by atoms with van der Waals surface area (Å²) < 4.78 is 0. The van der Waals surface area contributed by atoms with Crippen molar-refractivity contribution in [3.63, 3.8) is 0 Å². The van der Waals surface area contributed by atoms with E-state index in [9.17, 15) is 4.79 Å². The third-order valence-electron chi connectivity index (χ3n) is 3.90. The molecule has 0 aromatic rings. The molecule has 0 aliphatic heterocycles. The van der Waals surface area contributed by atoms with Crippen LogP contribution < -0.4 is 11.1 Å². The van der Waals surface area contributed by atoms with E-state index in [-0.39, 0.29) is 11.9 Å². The van der Waals surface area contributed by atoms with Crippen molar-refractivity contribution < 1.29 is 4.79 Å². The van der Waals surface area contributed by atoms with Gasteiger partial charge in [-0.15, -0.1) is 0 Å². The maximum atomic E-state index is 11.3. The Morgan fingerprint density at radius 2 is 2.12 bits per heavy atom. The predicted octanol–water partition coefficient (Wildman–Crippen LogP) is 0.960. The second-order valence-electron chi connectivity index (χ2n) is 5.28. The fourth-order valence-electron chi connectivity index (χ4n) is 2.88. The molecule has 0 saturated heterocycles. The molecule has 1 aliphatic rings. The molecule has 4 nitrogen and oxygen atoms in total. The second-order valence-corrected chi connectivity index (χ2v) is 5.28. The average molecular weight is 241 g/mol. The second kappa shape index (κ2) is 6.97. The SMILES string of the molecule is CCNC(CN(C)C1CCCCC1C)C(N)=O. The van der Waals surface area contributed by atoms with Crippen molar-refractivity contribution in [2.24, 2.45) is 11.7 Å². The van der Waals surface area contributed by atoms with E-state index >= 15 is 0 Å². The van der Waals surface area contributed by atoms with E-state index in [1.54, 1.807) is 0 Å². The maximum Gasteiger partial charge on any atom is 0.235 e. The summed E-state index contributed by atoms with van der Waals surface area (Å²) in [7, 11) is 2.11. The smallest absolute Gasteiger partial charge is 0.235 e. The lowest BCUT2D eigenvalue weighted by Gasteiger charge is -2.37. The van der Waals surface area contributed by atoms with Crippen LogP contribution in [0.15, 0.2) is 0 Å². The Balaban J connectivity index is 2.50. The molecule has 0 spiro atoms. The number of nitrogens with two attached hydrogens (primary N) is 1. The lowest BCUT2D eigenvalue weighted by atomic mass is 9.85. The van der Waals surface area contributed by atoms with Crippen LogP contribution in [0.3, 0.4) is 0 Å². The van der Waals surface area contributed by atoms with Gasteiger partial charge in [0.25, 0.3) is 0 Å². The van der Waals surface area contributed by atoms with Crippen LogP contribution in [0, 0.1) is 5.92 Å². The third-order valence-corrected chi connectivity index (χ3v) is 3.90. The standard InChI is InChI=1S/C13H27N3O/c1-4-15-11(13(14)17)9-16(3)12-8-6-5-7-10(12)2/h10-12,15H,4-9H2,1-3H3,(H2,14,17). The number of nitrogens with zero attached hydrogens (tertiary/aromatic N) is 1. The molecule has 1 fully saturated rings. The first-order chi connectivity index (χ1) is 8.06. The van der Waals surface area contributed by atoms with E-state index in [0.717, 1.165) is 19.0 Å². The molecule has 1 aliphatic carbocycles. The van der Waals surface area contributed by atoms with Crippen LogP contribution in [0.1, 0.15) is 39.5 Å². The van der Waals surface area contributed by atoms with Crippen molar-refractivity contribution in [2.75, 3.05) is 20.1 Å². The fraction of sp³-hybridized carbons (Fsp3) is 0.923. The Kier molecular flexibility index (Phi) is 5.92. The van der Waals surface area contributed by atoms with Crippen molar-refractivity contribution in [3.05, 3.63) is 0 Å². The van der Waals surface area contributed by atoms with Crippen LogP contribution in [0.25, 0.3) is 0 Å². The van der Waals surface area contributed by atoms with Gasteiger partial charge in [-0.3, -0.25) is 4.79 Å². The van der Waals surface area contributed by atoms with Crippen LogP contribution in [0.4, 0.5) is 0 Å². The molecule has 4 heteroatoms. The molecular weight excluding hydrogens is 214 g/mol. The monoisotopic (exact) mass is 241 g/mol. The Hall–Kier alpha value is -0.610. The van der Waals surface area contributed by atoms with Gasteiger partial charge in [-0.25, -0.2) is 0 Å². The number of carbonyl (C=O) groups excluding carboxylic acids is 1. The average Bonchev–Trinajstić information content (AvgIpc) is 2.28. The van der Waals surface area contributed by atoms with E-state index < -0.39 is 0 Å². The number of nitrogens with one attached hydrogen (secondary N) is 1. The molecule has 100 valence electrons. The van der Waals surface area contributed by atoms with Gasteiger partial charge in [0.05, 0.1) is 6.04 Å². The van der Waals surface area contributed by atoms with Gasteiger partial charge in [-0.2, -0.15) is 0 Å². The van der Waals surface area contributed by atoms with E-state index in [1.165, 1.54) is 25.7 Å².